The highest BCUT2D eigenvalue weighted by Crippen LogP contribution is 2.20. The number of H-pyrrole nitrogens is 1. The van der Waals surface area contributed by atoms with Crippen LogP contribution in [-0.2, 0) is 4.79 Å². The highest BCUT2D eigenvalue weighted by atomic mass is 35.5. The number of carbonyl (C=O) groups excluding carboxylic acids is 1. The Morgan fingerprint density at radius 3 is 2.41 bits per heavy atom. The van der Waals surface area contributed by atoms with Gasteiger partial charge in [-0.25, -0.2) is 4.79 Å². The molecule has 1 amide bonds. The Morgan fingerprint density at radius 1 is 1.47 bits per heavy atom. The van der Waals surface area contributed by atoms with E-state index in [4.69, 9.17) is 16.7 Å². The normalized spacial score (nSPS) is 13.2. The Balaban J connectivity index is 2.82. The summed E-state index contributed by atoms with van der Waals surface area (Å²) in [5.74, 6) is -1.55. The maximum Gasteiger partial charge on any atom is 0.326 e. The molecule has 0 spiro atoms. The second kappa shape index (κ2) is 4.79. The van der Waals surface area contributed by atoms with Crippen LogP contribution in [-0.4, -0.2) is 28.0 Å². The smallest absolute Gasteiger partial charge is 0.326 e. The van der Waals surface area contributed by atoms with E-state index in [-0.39, 0.29) is 5.69 Å². The molecule has 17 heavy (non-hydrogen) atoms. The molecule has 1 atom stereocenters. The molecule has 0 bridgehead atoms. The molecule has 5 nitrogen and oxygen atoms in total. The van der Waals surface area contributed by atoms with Gasteiger partial charge in [0.25, 0.3) is 5.91 Å². The quantitative estimate of drug-likeness (QED) is 0.774. The second-order valence-electron chi connectivity index (χ2n) is 4.84. The van der Waals surface area contributed by atoms with Gasteiger partial charge in [-0.15, -0.1) is 0 Å². The molecule has 0 radical (unpaired) electrons. The van der Waals surface area contributed by atoms with Crippen LogP contribution in [0, 0.1) is 5.41 Å². The third-order valence-electron chi connectivity index (χ3n) is 2.28. The lowest BCUT2D eigenvalue weighted by Gasteiger charge is -2.27. The van der Waals surface area contributed by atoms with Gasteiger partial charge in [-0.2, -0.15) is 0 Å². The van der Waals surface area contributed by atoms with Gasteiger partial charge in [-0.3, -0.25) is 4.79 Å². The molecule has 0 aliphatic rings. The first-order valence-corrected chi connectivity index (χ1v) is 5.47. The standard InChI is InChI=1S/C11H15ClN2O3/c1-11(2,3)8(10(16)17)14-9(15)7-4-6(12)5-13-7/h4-5,8,13H,1-3H3,(H,14,15)(H,16,17)/t8-/m0/s1. The van der Waals surface area contributed by atoms with Gasteiger partial charge in [-0.05, 0) is 11.5 Å². The fraction of sp³-hybridized carbons (Fsp3) is 0.455. The Morgan fingerprint density at radius 2 is 2.06 bits per heavy atom. The first-order valence-electron chi connectivity index (χ1n) is 5.09. The topological polar surface area (TPSA) is 82.2 Å². The third kappa shape index (κ3) is 3.49. The summed E-state index contributed by atoms with van der Waals surface area (Å²) >= 11 is 5.67. The summed E-state index contributed by atoms with van der Waals surface area (Å²) in [5.41, 5.74) is -0.330. The number of hydrogen-bond acceptors (Lipinski definition) is 2. The second-order valence-corrected chi connectivity index (χ2v) is 5.28. The van der Waals surface area contributed by atoms with E-state index in [9.17, 15) is 9.59 Å². The minimum absolute atomic E-state index is 0.241. The molecule has 1 heterocycles. The largest absolute Gasteiger partial charge is 0.480 e. The van der Waals surface area contributed by atoms with Crippen LogP contribution in [0.1, 0.15) is 31.3 Å². The molecule has 0 aliphatic carbocycles. The number of aromatic nitrogens is 1. The van der Waals surface area contributed by atoms with Crippen molar-refractivity contribution in [3.8, 4) is 0 Å². The van der Waals surface area contributed by atoms with Gasteiger partial charge in [-0.1, -0.05) is 32.4 Å². The van der Waals surface area contributed by atoms with Crippen molar-refractivity contribution in [2.45, 2.75) is 26.8 Å². The van der Waals surface area contributed by atoms with Crippen molar-refractivity contribution in [3.05, 3.63) is 23.0 Å². The van der Waals surface area contributed by atoms with Gasteiger partial charge in [0.1, 0.15) is 11.7 Å². The predicted molar refractivity (Wildman–Crippen MR) is 64.1 cm³/mol. The lowest BCUT2D eigenvalue weighted by atomic mass is 9.86. The van der Waals surface area contributed by atoms with Crippen molar-refractivity contribution < 1.29 is 14.7 Å². The molecule has 0 aromatic carbocycles. The minimum atomic E-state index is -1.07. The number of aromatic amines is 1. The lowest BCUT2D eigenvalue weighted by Crippen LogP contribution is -2.49. The average molecular weight is 259 g/mol. The van der Waals surface area contributed by atoms with Crippen LogP contribution in [0.25, 0.3) is 0 Å². The number of hydrogen-bond donors (Lipinski definition) is 3. The summed E-state index contributed by atoms with van der Waals surface area (Å²) in [5, 5.41) is 11.9. The van der Waals surface area contributed by atoms with E-state index >= 15 is 0 Å². The highest BCUT2D eigenvalue weighted by molar-refractivity contribution is 6.30. The van der Waals surface area contributed by atoms with E-state index in [0.717, 1.165) is 0 Å². The first-order chi connectivity index (χ1) is 7.71. The predicted octanol–water partition coefficient (Wildman–Crippen LogP) is 1.90. The summed E-state index contributed by atoms with van der Waals surface area (Å²) in [6.07, 6.45) is 1.46. The zero-order chi connectivity index (χ0) is 13.2. The number of amides is 1. The van der Waals surface area contributed by atoms with E-state index in [1.165, 1.54) is 12.3 Å². The average Bonchev–Trinajstić information content (AvgIpc) is 2.58. The summed E-state index contributed by atoms with van der Waals surface area (Å²) in [6.45, 7) is 5.23. The number of carboxylic acids is 1. The van der Waals surface area contributed by atoms with Crippen molar-refractivity contribution in [1.82, 2.24) is 10.3 Å². The molecule has 0 unspecified atom stereocenters. The summed E-state index contributed by atoms with van der Waals surface area (Å²) in [4.78, 5) is 25.5. The SMILES string of the molecule is CC(C)(C)[C@@H](NC(=O)c1cc(Cl)c[nH]1)C(=O)O. The summed E-state index contributed by atoms with van der Waals surface area (Å²) < 4.78 is 0. The lowest BCUT2D eigenvalue weighted by molar-refractivity contribution is -0.142. The zero-order valence-electron chi connectivity index (χ0n) is 9.87. The Labute approximate surface area is 104 Å². The molecule has 94 valence electrons. The molecule has 0 saturated carbocycles. The van der Waals surface area contributed by atoms with Gasteiger partial charge in [0.15, 0.2) is 0 Å². The number of aliphatic carboxylic acids is 1. The van der Waals surface area contributed by atoms with E-state index in [0.29, 0.717) is 5.02 Å². The molecule has 0 fully saturated rings. The van der Waals surface area contributed by atoms with Crippen LogP contribution >= 0.6 is 11.6 Å². The van der Waals surface area contributed by atoms with Crippen molar-refractivity contribution in [1.29, 1.82) is 0 Å². The van der Waals surface area contributed by atoms with Gasteiger partial charge in [0.05, 0.1) is 5.02 Å². The fourth-order valence-corrected chi connectivity index (χ4v) is 1.52. The van der Waals surface area contributed by atoms with Crippen LogP contribution in [0.3, 0.4) is 0 Å². The van der Waals surface area contributed by atoms with E-state index in [1.54, 1.807) is 20.8 Å². The zero-order valence-corrected chi connectivity index (χ0v) is 10.6. The van der Waals surface area contributed by atoms with Crippen molar-refractivity contribution >= 4 is 23.5 Å². The van der Waals surface area contributed by atoms with Crippen molar-refractivity contribution in [3.63, 3.8) is 0 Å². The van der Waals surface area contributed by atoms with E-state index < -0.39 is 23.3 Å². The Bertz CT molecular complexity index is 434. The van der Waals surface area contributed by atoms with E-state index in [1.807, 2.05) is 0 Å². The monoisotopic (exact) mass is 258 g/mol. The van der Waals surface area contributed by atoms with Crippen LogP contribution in [0.15, 0.2) is 12.3 Å². The third-order valence-corrected chi connectivity index (χ3v) is 2.50. The van der Waals surface area contributed by atoms with Gasteiger partial charge in [0.2, 0.25) is 0 Å². The molecule has 1 aromatic heterocycles. The molecular formula is C11H15ClN2O3. The van der Waals surface area contributed by atoms with Crippen LogP contribution in [0.2, 0.25) is 5.02 Å². The number of halogens is 1. The molecular weight excluding hydrogens is 244 g/mol. The molecule has 0 aliphatic heterocycles. The maximum atomic E-state index is 11.8. The van der Waals surface area contributed by atoms with Gasteiger partial charge < -0.3 is 15.4 Å². The fourth-order valence-electron chi connectivity index (χ4n) is 1.36. The number of nitrogens with one attached hydrogen (secondary N) is 2. The van der Waals surface area contributed by atoms with Crippen LogP contribution in [0.5, 0.6) is 0 Å². The molecule has 1 aromatic rings. The summed E-state index contributed by atoms with van der Waals surface area (Å²) in [7, 11) is 0. The van der Waals surface area contributed by atoms with Crippen molar-refractivity contribution in [2.75, 3.05) is 0 Å². The Kier molecular flexibility index (Phi) is 3.83. The number of rotatable bonds is 3. The van der Waals surface area contributed by atoms with E-state index in [2.05, 4.69) is 10.3 Å². The van der Waals surface area contributed by atoms with Gasteiger partial charge in [0, 0.05) is 6.20 Å². The van der Waals surface area contributed by atoms with Gasteiger partial charge >= 0.3 is 5.97 Å². The summed E-state index contributed by atoms with van der Waals surface area (Å²) in [6, 6.07) is 0.482. The minimum Gasteiger partial charge on any atom is -0.480 e. The maximum absolute atomic E-state index is 11.8. The molecule has 0 saturated heterocycles. The molecule has 1 rings (SSSR count). The molecule has 3 N–H and O–H groups in total. The van der Waals surface area contributed by atoms with Crippen molar-refractivity contribution in [2.24, 2.45) is 5.41 Å². The highest BCUT2D eigenvalue weighted by Gasteiger charge is 2.32. The molecule has 6 heteroatoms. The van der Waals surface area contributed by atoms with Crippen LogP contribution in [0.4, 0.5) is 0 Å². The van der Waals surface area contributed by atoms with Crippen LogP contribution < -0.4 is 5.32 Å². The number of carbonyl (C=O) groups is 2. The Hall–Kier alpha value is -1.49. The number of carboxylic acid groups (broad SMARTS) is 1. The first kappa shape index (κ1) is 13.6.